The van der Waals surface area contributed by atoms with E-state index >= 15 is 0 Å². The molecule has 0 fully saturated rings. The van der Waals surface area contributed by atoms with E-state index in [4.69, 9.17) is 0 Å². The van der Waals surface area contributed by atoms with Crippen LogP contribution in [0.25, 0.3) is 21.8 Å². The number of aromatic amines is 1. The minimum Gasteiger partial charge on any atom is -0.354 e. The maximum Gasteiger partial charge on any atom is 0.0500 e. The molecule has 0 aliphatic rings. The second-order valence-electron chi connectivity index (χ2n) is 6.99. The topological polar surface area (TPSA) is 15.8 Å². The van der Waals surface area contributed by atoms with E-state index in [0.717, 1.165) is 0 Å². The predicted octanol–water partition coefficient (Wildman–Crippen LogP) is 6.18. The van der Waals surface area contributed by atoms with E-state index in [9.17, 15) is 0 Å². The van der Waals surface area contributed by atoms with Gasteiger partial charge in [-0.3, -0.25) is 0 Å². The van der Waals surface area contributed by atoms with Crippen molar-refractivity contribution in [1.29, 1.82) is 0 Å². The van der Waals surface area contributed by atoms with Crippen molar-refractivity contribution >= 4 is 21.8 Å². The third-order valence-electron chi connectivity index (χ3n) is 4.41. The Hall–Kier alpha value is -1.76. The molecular weight excluding hydrogens is 254 g/mol. The summed E-state index contributed by atoms with van der Waals surface area (Å²) in [7, 11) is 0. The van der Waals surface area contributed by atoms with Gasteiger partial charge in [0.1, 0.15) is 0 Å². The SMILES string of the molecule is Cc1cc(C(C)C)c2[nH]c3c(C(C)C)cc(C)cc3c2c1. The number of benzene rings is 2. The van der Waals surface area contributed by atoms with Crippen LogP contribution in [0.3, 0.4) is 0 Å². The zero-order chi connectivity index (χ0) is 15.3. The van der Waals surface area contributed by atoms with Crippen LogP contribution in [0.15, 0.2) is 24.3 Å². The molecule has 110 valence electrons. The monoisotopic (exact) mass is 279 g/mol. The van der Waals surface area contributed by atoms with Crippen molar-refractivity contribution in [3.05, 3.63) is 46.5 Å². The van der Waals surface area contributed by atoms with Crippen LogP contribution in [0, 0.1) is 13.8 Å². The molecule has 0 spiro atoms. The molecule has 0 radical (unpaired) electrons. The number of H-pyrrole nitrogens is 1. The van der Waals surface area contributed by atoms with Crippen molar-refractivity contribution < 1.29 is 0 Å². The number of hydrogen-bond acceptors (Lipinski definition) is 0. The molecule has 0 atom stereocenters. The lowest BCUT2D eigenvalue weighted by Gasteiger charge is -2.08. The van der Waals surface area contributed by atoms with Crippen LogP contribution in [-0.4, -0.2) is 4.98 Å². The molecule has 1 heterocycles. The van der Waals surface area contributed by atoms with Gasteiger partial charge >= 0.3 is 0 Å². The van der Waals surface area contributed by atoms with Crippen LogP contribution in [0.2, 0.25) is 0 Å². The average Bonchev–Trinajstić information content (AvgIpc) is 2.75. The maximum absolute atomic E-state index is 3.73. The highest BCUT2D eigenvalue weighted by Gasteiger charge is 2.15. The Bertz CT molecular complexity index is 751. The molecule has 0 amide bonds. The highest BCUT2D eigenvalue weighted by molar-refractivity contribution is 6.10. The minimum atomic E-state index is 0.532. The lowest BCUT2D eigenvalue weighted by Crippen LogP contribution is -1.91. The molecular formula is C20H25N. The second kappa shape index (κ2) is 4.91. The predicted molar refractivity (Wildman–Crippen MR) is 93.5 cm³/mol. The summed E-state index contributed by atoms with van der Waals surface area (Å²) < 4.78 is 0. The highest BCUT2D eigenvalue weighted by atomic mass is 14.7. The molecule has 1 nitrogen and oxygen atoms in total. The number of aryl methyl sites for hydroxylation is 2. The normalized spacial score (nSPS) is 12.2. The zero-order valence-electron chi connectivity index (χ0n) is 14.0. The first-order chi connectivity index (χ1) is 9.88. The smallest absolute Gasteiger partial charge is 0.0500 e. The summed E-state index contributed by atoms with van der Waals surface area (Å²) in [5, 5.41) is 2.75. The number of hydrogen-bond donors (Lipinski definition) is 1. The molecule has 0 bridgehead atoms. The summed E-state index contributed by atoms with van der Waals surface area (Å²) >= 11 is 0. The molecule has 1 aromatic heterocycles. The van der Waals surface area contributed by atoms with E-state index in [2.05, 4.69) is 70.8 Å². The lowest BCUT2D eigenvalue weighted by molar-refractivity contribution is 0.868. The van der Waals surface area contributed by atoms with Gasteiger partial charge in [-0.1, -0.05) is 51.0 Å². The van der Waals surface area contributed by atoms with Crippen LogP contribution >= 0.6 is 0 Å². The van der Waals surface area contributed by atoms with E-state index in [-0.39, 0.29) is 0 Å². The van der Waals surface area contributed by atoms with Gasteiger partial charge in [-0.2, -0.15) is 0 Å². The molecule has 0 unspecified atom stereocenters. The highest BCUT2D eigenvalue weighted by Crippen LogP contribution is 2.36. The lowest BCUT2D eigenvalue weighted by atomic mass is 9.95. The Kier molecular flexibility index (Phi) is 3.32. The fourth-order valence-electron chi connectivity index (χ4n) is 3.37. The van der Waals surface area contributed by atoms with Crippen LogP contribution < -0.4 is 0 Å². The molecule has 21 heavy (non-hydrogen) atoms. The molecule has 0 aliphatic carbocycles. The van der Waals surface area contributed by atoms with Crippen LogP contribution in [0.5, 0.6) is 0 Å². The molecule has 2 aromatic carbocycles. The Morgan fingerprint density at radius 1 is 0.667 bits per heavy atom. The van der Waals surface area contributed by atoms with Gasteiger partial charge in [0.05, 0.1) is 0 Å². The molecule has 1 N–H and O–H groups in total. The molecule has 3 aromatic rings. The summed E-state index contributed by atoms with van der Waals surface area (Å²) in [6.07, 6.45) is 0. The van der Waals surface area contributed by atoms with Gasteiger partial charge in [0.25, 0.3) is 0 Å². The Labute approximate surface area is 127 Å². The third-order valence-corrected chi connectivity index (χ3v) is 4.41. The van der Waals surface area contributed by atoms with Gasteiger partial charge in [0, 0.05) is 21.8 Å². The first-order valence-electron chi connectivity index (χ1n) is 7.95. The van der Waals surface area contributed by atoms with Crippen LogP contribution in [-0.2, 0) is 0 Å². The van der Waals surface area contributed by atoms with Gasteiger partial charge in [0.2, 0.25) is 0 Å². The summed E-state index contributed by atoms with van der Waals surface area (Å²) in [4.78, 5) is 3.73. The van der Waals surface area contributed by atoms with Crippen LogP contribution in [0.1, 0.15) is 61.8 Å². The van der Waals surface area contributed by atoms with Crippen molar-refractivity contribution in [2.75, 3.05) is 0 Å². The summed E-state index contributed by atoms with van der Waals surface area (Å²) in [6, 6.07) is 9.29. The van der Waals surface area contributed by atoms with E-state index < -0.39 is 0 Å². The van der Waals surface area contributed by atoms with E-state index in [0.29, 0.717) is 11.8 Å². The van der Waals surface area contributed by atoms with Crippen molar-refractivity contribution in [3.63, 3.8) is 0 Å². The first kappa shape index (κ1) is 14.2. The molecule has 0 aliphatic heterocycles. The van der Waals surface area contributed by atoms with Gasteiger partial charge in [-0.25, -0.2) is 0 Å². The van der Waals surface area contributed by atoms with E-state index in [1.807, 2.05) is 0 Å². The van der Waals surface area contributed by atoms with E-state index in [1.165, 1.54) is 44.1 Å². The van der Waals surface area contributed by atoms with Crippen molar-refractivity contribution in [3.8, 4) is 0 Å². The Morgan fingerprint density at radius 2 is 1.05 bits per heavy atom. The summed E-state index contributed by atoms with van der Waals surface area (Å²) in [5.41, 5.74) is 8.18. The van der Waals surface area contributed by atoms with Gasteiger partial charge < -0.3 is 4.98 Å². The van der Waals surface area contributed by atoms with Crippen LogP contribution in [0.4, 0.5) is 0 Å². The fourth-order valence-corrected chi connectivity index (χ4v) is 3.37. The quantitative estimate of drug-likeness (QED) is 0.576. The van der Waals surface area contributed by atoms with Gasteiger partial charge in [-0.15, -0.1) is 0 Å². The zero-order valence-corrected chi connectivity index (χ0v) is 14.0. The maximum atomic E-state index is 3.73. The van der Waals surface area contributed by atoms with Gasteiger partial charge in [0.15, 0.2) is 0 Å². The summed E-state index contributed by atoms with van der Waals surface area (Å²) in [5.74, 6) is 1.06. The largest absolute Gasteiger partial charge is 0.354 e. The van der Waals surface area contributed by atoms with Gasteiger partial charge in [-0.05, 0) is 48.9 Å². The number of aromatic nitrogens is 1. The standard InChI is InChI=1S/C20H25N/c1-11(2)15-7-13(5)9-17-18-10-14(6)8-16(12(3)4)20(18)21-19(15)17/h7-12,21H,1-6H3. The molecule has 1 heteroatoms. The third kappa shape index (κ3) is 2.25. The number of fused-ring (bicyclic) bond motifs is 3. The first-order valence-corrected chi connectivity index (χ1v) is 7.95. The van der Waals surface area contributed by atoms with E-state index in [1.54, 1.807) is 0 Å². The number of rotatable bonds is 2. The molecule has 0 saturated carbocycles. The average molecular weight is 279 g/mol. The molecule has 0 saturated heterocycles. The van der Waals surface area contributed by atoms with Crippen molar-refractivity contribution in [2.45, 2.75) is 53.4 Å². The minimum absolute atomic E-state index is 0.532. The van der Waals surface area contributed by atoms with Crippen molar-refractivity contribution in [1.82, 2.24) is 4.98 Å². The Balaban J connectivity index is 2.51. The second-order valence-corrected chi connectivity index (χ2v) is 6.99. The fraction of sp³-hybridized carbons (Fsp3) is 0.400. The van der Waals surface area contributed by atoms with Crippen molar-refractivity contribution in [2.24, 2.45) is 0 Å². The number of nitrogens with one attached hydrogen (secondary N) is 1. The molecule has 3 rings (SSSR count). The Morgan fingerprint density at radius 3 is 1.38 bits per heavy atom. The summed E-state index contributed by atoms with van der Waals surface area (Å²) in [6.45, 7) is 13.5.